The van der Waals surface area contributed by atoms with Crippen LogP contribution >= 0.6 is 0 Å². The summed E-state index contributed by atoms with van der Waals surface area (Å²) in [6, 6.07) is 18.9. The summed E-state index contributed by atoms with van der Waals surface area (Å²) in [6.07, 6.45) is 1.31. The number of furan rings is 1. The van der Waals surface area contributed by atoms with Gasteiger partial charge in [-0.15, -0.1) is 0 Å². The molecule has 122 valence electrons. The second-order valence-corrected chi connectivity index (χ2v) is 4.92. The van der Waals surface area contributed by atoms with Crippen molar-refractivity contribution in [3.63, 3.8) is 0 Å². The summed E-state index contributed by atoms with van der Waals surface area (Å²) in [5, 5.41) is 14.6. The van der Waals surface area contributed by atoms with Gasteiger partial charge in [-0.3, -0.25) is 5.41 Å². The van der Waals surface area contributed by atoms with Crippen molar-refractivity contribution in [1.29, 1.82) is 10.8 Å². The molecule has 0 saturated heterocycles. The van der Waals surface area contributed by atoms with Gasteiger partial charge < -0.3 is 21.3 Å². The lowest BCUT2D eigenvalue weighted by atomic mass is 10.1. The van der Waals surface area contributed by atoms with E-state index < -0.39 is 0 Å². The van der Waals surface area contributed by atoms with E-state index in [4.69, 9.17) is 21.0 Å². The van der Waals surface area contributed by atoms with Crippen LogP contribution in [0.15, 0.2) is 65.1 Å². The van der Waals surface area contributed by atoms with Crippen molar-refractivity contribution in [2.24, 2.45) is 11.5 Å². The number of hydrogen-bond donors (Lipinski definition) is 4. The Bertz CT molecular complexity index is 817. The molecule has 0 aliphatic carbocycles. The third-order valence-corrected chi connectivity index (χ3v) is 3.45. The molecule has 0 atom stereocenters. The Morgan fingerprint density at radius 1 is 0.833 bits per heavy atom. The van der Waals surface area contributed by atoms with Crippen LogP contribution in [0.1, 0.15) is 11.1 Å². The lowest BCUT2D eigenvalue weighted by Gasteiger charge is -2.01. The van der Waals surface area contributed by atoms with Crippen LogP contribution in [-0.2, 0) is 0 Å². The van der Waals surface area contributed by atoms with E-state index in [0.29, 0.717) is 5.56 Å². The number of benzene rings is 2. The highest BCUT2D eigenvalue weighted by Gasteiger charge is 2.07. The topological polar surface area (TPSA) is 113 Å². The average Bonchev–Trinajstić information content (AvgIpc) is 3.13. The molecule has 0 aliphatic rings. The van der Waals surface area contributed by atoms with Gasteiger partial charge in [0.1, 0.15) is 17.4 Å². The standard InChI is InChI=1S/C18H15N3O.CH5N/c19-11-12-1-3-13(4-2-12)16-9-10-17(22-16)14-5-7-15(8-6-14)18(20)21;1-2/h1-11,19H,(H3,20,21);2H2,1H3. The molecule has 3 rings (SSSR count). The van der Waals surface area contributed by atoms with Gasteiger partial charge in [0, 0.05) is 22.9 Å². The highest BCUT2D eigenvalue weighted by atomic mass is 16.3. The summed E-state index contributed by atoms with van der Waals surface area (Å²) in [5.74, 6) is 1.60. The SMILES string of the molecule is CN.N=Cc1ccc(-c2ccc(-c3ccc(C(=N)N)cc3)o2)cc1. The number of nitrogens with one attached hydrogen (secondary N) is 2. The van der Waals surface area contributed by atoms with Gasteiger partial charge >= 0.3 is 0 Å². The fourth-order valence-electron chi connectivity index (χ4n) is 2.21. The van der Waals surface area contributed by atoms with E-state index >= 15 is 0 Å². The Kier molecular flexibility index (Phi) is 5.65. The van der Waals surface area contributed by atoms with Crippen molar-refractivity contribution in [3.05, 3.63) is 71.8 Å². The summed E-state index contributed by atoms with van der Waals surface area (Å²) in [5.41, 5.74) is 13.4. The van der Waals surface area contributed by atoms with E-state index in [0.717, 1.165) is 28.2 Å². The molecular weight excluding hydrogens is 300 g/mol. The van der Waals surface area contributed by atoms with E-state index in [2.05, 4.69) is 5.73 Å². The van der Waals surface area contributed by atoms with Gasteiger partial charge in [-0.1, -0.05) is 48.5 Å². The van der Waals surface area contributed by atoms with Crippen molar-refractivity contribution in [1.82, 2.24) is 0 Å². The second kappa shape index (κ2) is 7.89. The van der Waals surface area contributed by atoms with Crippen LogP contribution in [0.2, 0.25) is 0 Å². The minimum Gasteiger partial charge on any atom is -0.456 e. The van der Waals surface area contributed by atoms with Gasteiger partial charge in [0.2, 0.25) is 0 Å². The zero-order valence-corrected chi connectivity index (χ0v) is 13.4. The molecule has 6 N–H and O–H groups in total. The zero-order valence-electron chi connectivity index (χ0n) is 13.4. The lowest BCUT2D eigenvalue weighted by molar-refractivity contribution is 0.597. The molecule has 1 aromatic heterocycles. The molecule has 0 aliphatic heterocycles. The van der Waals surface area contributed by atoms with Crippen molar-refractivity contribution in [2.75, 3.05) is 7.05 Å². The quantitative estimate of drug-likeness (QED) is 0.436. The molecule has 5 nitrogen and oxygen atoms in total. The molecule has 0 fully saturated rings. The van der Waals surface area contributed by atoms with Gasteiger partial charge in [0.05, 0.1) is 0 Å². The summed E-state index contributed by atoms with van der Waals surface area (Å²) < 4.78 is 5.89. The Labute approximate surface area is 140 Å². The molecule has 0 spiro atoms. The number of hydrogen-bond acceptors (Lipinski definition) is 4. The van der Waals surface area contributed by atoms with Crippen LogP contribution < -0.4 is 11.5 Å². The maximum absolute atomic E-state index is 7.40. The van der Waals surface area contributed by atoms with Gasteiger partial charge in [-0.05, 0) is 24.7 Å². The van der Waals surface area contributed by atoms with Gasteiger partial charge in [0.15, 0.2) is 0 Å². The lowest BCUT2D eigenvalue weighted by Crippen LogP contribution is -2.10. The first kappa shape index (κ1) is 17.2. The van der Waals surface area contributed by atoms with E-state index in [9.17, 15) is 0 Å². The van der Waals surface area contributed by atoms with Crippen LogP contribution in [0.4, 0.5) is 0 Å². The minimum absolute atomic E-state index is 0.0537. The van der Waals surface area contributed by atoms with Crippen molar-refractivity contribution in [2.45, 2.75) is 0 Å². The molecule has 24 heavy (non-hydrogen) atoms. The maximum atomic E-state index is 7.40. The molecule has 5 heteroatoms. The molecule has 0 saturated carbocycles. The molecule has 2 aromatic carbocycles. The summed E-state index contributed by atoms with van der Waals surface area (Å²) >= 11 is 0. The Balaban J connectivity index is 0.00000100. The fourth-order valence-corrected chi connectivity index (χ4v) is 2.21. The average molecular weight is 320 g/mol. The first-order valence-corrected chi connectivity index (χ1v) is 7.41. The third-order valence-electron chi connectivity index (χ3n) is 3.45. The largest absolute Gasteiger partial charge is 0.456 e. The molecule has 0 radical (unpaired) electrons. The highest BCUT2D eigenvalue weighted by Crippen LogP contribution is 2.28. The monoisotopic (exact) mass is 320 g/mol. The van der Waals surface area contributed by atoms with Gasteiger partial charge in [-0.25, -0.2) is 0 Å². The molecule has 0 unspecified atom stereocenters. The minimum atomic E-state index is 0.0537. The first-order valence-electron chi connectivity index (χ1n) is 7.41. The fraction of sp³-hybridized carbons (Fsp3) is 0.0526. The smallest absolute Gasteiger partial charge is 0.134 e. The Morgan fingerprint density at radius 2 is 1.29 bits per heavy atom. The van der Waals surface area contributed by atoms with E-state index in [1.54, 1.807) is 12.1 Å². The number of nitrogens with two attached hydrogens (primary N) is 2. The summed E-state index contributed by atoms with van der Waals surface area (Å²) in [6.45, 7) is 0. The van der Waals surface area contributed by atoms with E-state index in [1.165, 1.54) is 13.3 Å². The molecular formula is C19H20N4O. The normalized spacial score (nSPS) is 9.75. The van der Waals surface area contributed by atoms with Crippen molar-refractivity contribution >= 4 is 12.1 Å². The Morgan fingerprint density at radius 3 is 1.71 bits per heavy atom. The van der Waals surface area contributed by atoms with E-state index in [-0.39, 0.29) is 5.84 Å². The Hall–Kier alpha value is -3.18. The van der Waals surface area contributed by atoms with Crippen LogP contribution in [0.5, 0.6) is 0 Å². The number of rotatable bonds is 4. The summed E-state index contributed by atoms with van der Waals surface area (Å²) in [7, 11) is 1.50. The predicted octanol–water partition coefficient (Wildman–Crippen LogP) is 3.47. The molecule has 3 aromatic rings. The molecule has 1 heterocycles. The molecule has 0 amide bonds. The van der Waals surface area contributed by atoms with Crippen molar-refractivity contribution < 1.29 is 4.42 Å². The second-order valence-electron chi connectivity index (χ2n) is 4.92. The van der Waals surface area contributed by atoms with E-state index in [1.807, 2.05) is 48.5 Å². The number of nitrogen functional groups attached to an aromatic ring is 1. The zero-order chi connectivity index (χ0) is 17.5. The van der Waals surface area contributed by atoms with Crippen LogP contribution in [0.3, 0.4) is 0 Å². The van der Waals surface area contributed by atoms with Gasteiger partial charge in [0.25, 0.3) is 0 Å². The third kappa shape index (κ3) is 3.77. The highest BCUT2D eigenvalue weighted by molar-refractivity contribution is 5.95. The van der Waals surface area contributed by atoms with Gasteiger partial charge in [-0.2, -0.15) is 0 Å². The predicted molar refractivity (Wildman–Crippen MR) is 98.6 cm³/mol. The van der Waals surface area contributed by atoms with Crippen LogP contribution in [0.25, 0.3) is 22.6 Å². The van der Waals surface area contributed by atoms with Crippen molar-refractivity contribution in [3.8, 4) is 22.6 Å². The van der Waals surface area contributed by atoms with Crippen LogP contribution in [-0.4, -0.2) is 19.1 Å². The first-order chi connectivity index (χ1) is 11.7. The van der Waals surface area contributed by atoms with Crippen LogP contribution in [0, 0.1) is 10.8 Å². The maximum Gasteiger partial charge on any atom is 0.134 e. The summed E-state index contributed by atoms with van der Waals surface area (Å²) in [4.78, 5) is 0. The number of amidine groups is 1. The molecule has 0 bridgehead atoms.